The Bertz CT molecular complexity index is 1020. The van der Waals surface area contributed by atoms with Gasteiger partial charge in [0.25, 0.3) is 0 Å². The molecule has 2 aliphatic carbocycles. The zero-order valence-electron chi connectivity index (χ0n) is 21.4. The molecule has 7 atom stereocenters. The van der Waals surface area contributed by atoms with E-state index in [1.165, 1.54) is 19.9 Å². The summed E-state index contributed by atoms with van der Waals surface area (Å²) in [6.45, 7) is 10.9. The third-order valence-corrected chi connectivity index (χ3v) is 8.45. The lowest BCUT2D eigenvalue weighted by Gasteiger charge is -2.61. The molecule has 7 nitrogen and oxygen atoms in total. The van der Waals surface area contributed by atoms with Gasteiger partial charge in [0.2, 0.25) is 0 Å². The summed E-state index contributed by atoms with van der Waals surface area (Å²) in [5.41, 5.74) is -1.19. The minimum Gasteiger partial charge on any atom is -0.462 e. The second-order valence-electron chi connectivity index (χ2n) is 11.0. The molecule has 0 unspecified atom stereocenters. The number of esters is 3. The standard InChI is InChI=1S/C28H36O7/c1-17-14-22(32-18(2)29)25(34-24(31)13-12-20-10-8-7-9-11-20)27(6)23(33-19(3)30)15-21-16-28(17,27)35-26(21,4)5/h7-13,17,21-23,25H,14-16H2,1-6H3/b13-12+/t17-,21-,22+,23+,25+,27-,28+/m1/s1. The SMILES string of the molecule is CC(=O)O[C@H]1C[C@@H](C)[C@@]23C[C@@H](C[C@H](OC(C)=O)[C@]2(C)[C@H]1OC(=O)/C=C/c1ccccc1)C(C)(C)O3. The van der Waals surface area contributed by atoms with E-state index < -0.39 is 52.8 Å². The molecule has 1 saturated heterocycles. The van der Waals surface area contributed by atoms with E-state index in [0.29, 0.717) is 12.8 Å². The minimum atomic E-state index is -0.920. The molecular weight excluding hydrogens is 448 g/mol. The van der Waals surface area contributed by atoms with Crippen molar-refractivity contribution in [3.05, 3.63) is 42.0 Å². The van der Waals surface area contributed by atoms with Crippen molar-refractivity contribution in [3.63, 3.8) is 0 Å². The number of benzene rings is 1. The van der Waals surface area contributed by atoms with Gasteiger partial charge in [0, 0.05) is 19.9 Å². The van der Waals surface area contributed by atoms with Crippen LogP contribution in [0.15, 0.2) is 36.4 Å². The maximum Gasteiger partial charge on any atom is 0.331 e. The fourth-order valence-electron chi connectivity index (χ4n) is 6.77. The number of hydrogen-bond acceptors (Lipinski definition) is 7. The number of rotatable bonds is 5. The van der Waals surface area contributed by atoms with Gasteiger partial charge in [-0.05, 0) is 63.5 Å². The molecule has 190 valence electrons. The van der Waals surface area contributed by atoms with E-state index in [-0.39, 0.29) is 11.8 Å². The van der Waals surface area contributed by atoms with Crippen LogP contribution in [-0.2, 0) is 33.3 Å². The van der Waals surface area contributed by atoms with E-state index >= 15 is 0 Å². The number of carbonyl (C=O) groups is 3. The number of hydrogen-bond donors (Lipinski definition) is 0. The average Bonchev–Trinajstić information content (AvgIpc) is 3.01. The lowest BCUT2D eigenvalue weighted by atomic mass is 9.49. The third kappa shape index (κ3) is 4.39. The van der Waals surface area contributed by atoms with Crippen molar-refractivity contribution in [1.29, 1.82) is 0 Å². The van der Waals surface area contributed by atoms with Crippen LogP contribution in [0.25, 0.3) is 6.08 Å². The van der Waals surface area contributed by atoms with E-state index in [2.05, 4.69) is 20.8 Å². The van der Waals surface area contributed by atoms with E-state index in [1.54, 1.807) is 6.08 Å². The van der Waals surface area contributed by atoms with E-state index in [4.69, 9.17) is 18.9 Å². The van der Waals surface area contributed by atoms with E-state index in [1.807, 2.05) is 37.3 Å². The highest BCUT2D eigenvalue weighted by atomic mass is 16.6. The topological polar surface area (TPSA) is 88.1 Å². The van der Waals surface area contributed by atoms with Gasteiger partial charge < -0.3 is 18.9 Å². The molecule has 1 aromatic rings. The molecule has 1 heterocycles. The molecule has 0 N–H and O–H groups in total. The lowest BCUT2D eigenvalue weighted by Crippen LogP contribution is -2.71. The molecule has 1 spiro atoms. The highest BCUT2D eigenvalue weighted by Crippen LogP contribution is 2.67. The summed E-state index contributed by atoms with van der Waals surface area (Å²) in [5.74, 6) is -1.24. The molecule has 4 rings (SSSR count). The van der Waals surface area contributed by atoms with Gasteiger partial charge in [-0.3, -0.25) is 9.59 Å². The Morgan fingerprint density at radius 3 is 2.26 bits per heavy atom. The van der Waals surface area contributed by atoms with Crippen molar-refractivity contribution in [2.24, 2.45) is 17.3 Å². The lowest BCUT2D eigenvalue weighted by molar-refractivity contribution is -0.284. The van der Waals surface area contributed by atoms with Crippen LogP contribution in [0.4, 0.5) is 0 Å². The molecule has 0 radical (unpaired) electrons. The first-order valence-corrected chi connectivity index (χ1v) is 12.4. The summed E-state index contributed by atoms with van der Waals surface area (Å²) in [5, 5.41) is 0. The van der Waals surface area contributed by atoms with Gasteiger partial charge in [-0.2, -0.15) is 0 Å². The van der Waals surface area contributed by atoms with Gasteiger partial charge in [0.15, 0.2) is 6.10 Å². The average molecular weight is 485 g/mol. The highest BCUT2D eigenvalue weighted by Gasteiger charge is 2.75. The molecule has 2 saturated carbocycles. The zero-order chi connectivity index (χ0) is 25.6. The Kier molecular flexibility index (Phi) is 6.60. The predicted octanol–water partition coefficient (Wildman–Crippen LogP) is 4.48. The van der Waals surface area contributed by atoms with Crippen LogP contribution in [-0.4, -0.2) is 47.4 Å². The molecule has 1 aromatic carbocycles. The van der Waals surface area contributed by atoms with E-state index in [0.717, 1.165) is 12.0 Å². The quantitative estimate of drug-likeness (QED) is 0.346. The summed E-state index contributed by atoms with van der Waals surface area (Å²) in [7, 11) is 0. The van der Waals surface area contributed by atoms with Gasteiger partial charge in [0.1, 0.15) is 12.2 Å². The first-order chi connectivity index (χ1) is 16.4. The second kappa shape index (κ2) is 9.08. The monoisotopic (exact) mass is 484 g/mol. The summed E-state index contributed by atoms with van der Waals surface area (Å²) < 4.78 is 24.6. The van der Waals surface area contributed by atoms with Crippen LogP contribution >= 0.6 is 0 Å². The summed E-state index contributed by atoms with van der Waals surface area (Å²) >= 11 is 0. The van der Waals surface area contributed by atoms with Gasteiger partial charge in [-0.1, -0.05) is 37.3 Å². The van der Waals surface area contributed by atoms with Gasteiger partial charge >= 0.3 is 17.9 Å². The molecule has 3 fully saturated rings. The van der Waals surface area contributed by atoms with Crippen molar-refractivity contribution >= 4 is 24.0 Å². The Morgan fingerprint density at radius 1 is 0.971 bits per heavy atom. The fourth-order valence-corrected chi connectivity index (χ4v) is 6.77. The minimum absolute atomic E-state index is 0.0192. The van der Waals surface area contributed by atoms with E-state index in [9.17, 15) is 14.4 Å². The Morgan fingerprint density at radius 2 is 1.63 bits per heavy atom. The summed E-state index contributed by atoms with van der Waals surface area (Å²) in [6, 6.07) is 9.44. The van der Waals surface area contributed by atoms with Crippen LogP contribution in [0.1, 0.15) is 66.4 Å². The Balaban J connectivity index is 1.75. The largest absolute Gasteiger partial charge is 0.462 e. The summed E-state index contributed by atoms with van der Waals surface area (Å²) in [4.78, 5) is 37.3. The molecule has 1 aliphatic heterocycles. The van der Waals surface area contributed by atoms with Crippen LogP contribution in [0.5, 0.6) is 0 Å². The molecular formula is C28H36O7. The van der Waals surface area contributed by atoms with Crippen LogP contribution in [0.2, 0.25) is 0 Å². The predicted molar refractivity (Wildman–Crippen MR) is 129 cm³/mol. The zero-order valence-corrected chi connectivity index (χ0v) is 21.4. The van der Waals surface area contributed by atoms with Crippen molar-refractivity contribution in [2.75, 3.05) is 0 Å². The fraction of sp³-hybridized carbons (Fsp3) is 0.607. The highest BCUT2D eigenvalue weighted by molar-refractivity contribution is 5.87. The summed E-state index contributed by atoms with van der Waals surface area (Å²) in [6.07, 6.45) is 2.78. The van der Waals surface area contributed by atoms with Crippen molar-refractivity contribution in [1.82, 2.24) is 0 Å². The first-order valence-electron chi connectivity index (χ1n) is 12.4. The van der Waals surface area contributed by atoms with Gasteiger partial charge in [-0.25, -0.2) is 4.79 Å². The Hall–Kier alpha value is -2.67. The second-order valence-corrected chi connectivity index (χ2v) is 11.0. The van der Waals surface area contributed by atoms with Crippen LogP contribution in [0, 0.1) is 17.3 Å². The molecule has 7 heteroatoms. The van der Waals surface area contributed by atoms with Crippen molar-refractivity contribution < 1.29 is 33.3 Å². The molecule has 3 aliphatic rings. The molecule has 2 bridgehead atoms. The van der Waals surface area contributed by atoms with Gasteiger partial charge in [0.05, 0.1) is 16.6 Å². The molecule has 0 aromatic heterocycles. The number of carbonyl (C=O) groups excluding carboxylic acids is 3. The smallest absolute Gasteiger partial charge is 0.331 e. The number of ether oxygens (including phenoxy) is 4. The van der Waals surface area contributed by atoms with Crippen LogP contribution in [0.3, 0.4) is 0 Å². The third-order valence-electron chi connectivity index (χ3n) is 8.45. The number of fused-ring (bicyclic) bond motifs is 1. The van der Waals surface area contributed by atoms with Crippen molar-refractivity contribution in [2.45, 2.75) is 90.3 Å². The maximum atomic E-state index is 13.1. The normalized spacial score (nSPS) is 37.4. The Labute approximate surface area is 207 Å². The molecule has 35 heavy (non-hydrogen) atoms. The van der Waals surface area contributed by atoms with Gasteiger partial charge in [-0.15, -0.1) is 0 Å². The first kappa shape index (κ1) is 25.4. The maximum absolute atomic E-state index is 13.1. The molecule has 0 amide bonds. The van der Waals surface area contributed by atoms with Crippen molar-refractivity contribution in [3.8, 4) is 0 Å². The van der Waals surface area contributed by atoms with Crippen LogP contribution < -0.4 is 0 Å².